The molecule has 1 aliphatic carbocycles. The highest BCUT2D eigenvalue weighted by Gasteiger charge is 2.38. The summed E-state index contributed by atoms with van der Waals surface area (Å²) in [6.07, 6.45) is 2.93. The van der Waals surface area contributed by atoms with Crippen molar-refractivity contribution < 1.29 is 19.7 Å². The number of aliphatic hydroxyl groups is 2. The van der Waals surface area contributed by atoms with E-state index < -0.39 is 17.3 Å². The fourth-order valence-corrected chi connectivity index (χ4v) is 3.83. The molecule has 10 nitrogen and oxygen atoms in total. The maximum Gasteiger partial charge on any atom is 0.284 e. The van der Waals surface area contributed by atoms with E-state index in [0.29, 0.717) is 37.7 Å². The van der Waals surface area contributed by atoms with Gasteiger partial charge >= 0.3 is 0 Å². The van der Waals surface area contributed by atoms with Crippen LogP contribution in [0.25, 0.3) is 0 Å². The summed E-state index contributed by atoms with van der Waals surface area (Å²) in [6, 6.07) is 3.40. The lowest BCUT2D eigenvalue weighted by Gasteiger charge is -2.35. The Morgan fingerprint density at radius 3 is 2.50 bits per heavy atom. The number of ether oxygens (including phenoxy) is 1. The number of nitrogens with one attached hydrogen (secondary N) is 2. The molecule has 1 aromatic heterocycles. The monoisotopic (exact) mass is 442 g/mol. The Bertz CT molecular complexity index is 975. The van der Waals surface area contributed by atoms with Gasteiger partial charge in [-0.05, 0) is 36.6 Å². The smallest absolute Gasteiger partial charge is 0.284 e. The van der Waals surface area contributed by atoms with E-state index in [0.717, 1.165) is 4.90 Å². The number of primary amides is 1. The van der Waals surface area contributed by atoms with E-state index in [9.17, 15) is 15.0 Å². The number of hydrogen-bond acceptors (Lipinski definition) is 8. The highest BCUT2D eigenvalue weighted by atomic mass is 16.5. The van der Waals surface area contributed by atoms with Crippen molar-refractivity contribution in [3.8, 4) is 0 Å². The van der Waals surface area contributed by atoms with Gasteiger partial charge in [0.25, 0.3) is 5.91 Å². The van der Waals surface area contributed by atoms with Gasteiger partial charge in [0.15, 0.2) is 5.84 Å². The molecule has 0 aromatic carbocycles. The third-order valence-corrected chi connectivity index (χ3v) is 5.61. The maximum atomic E-state index is 11.9. The van der Waals surface area contributed by atoms with Crippen molar-refractivity contribution in [3.63, 3.8) is 0 Å². The highest BCUT2D eigenvalue weighted by molar-refractivity contribution is 6.47. The van der Waals surface area contributed by atoms with E-state index in [4.69, 9.17) is 21.3 Å². The van der Waals surface area contributed by atoms with E-state index in [1.807, 2.05) is 13.8 Å². The molecule has 0 spiro atoms. The first-order valence-electron chi connectivity index (χ1n) is 10.5. The van der Waals surface area contributed by atoms with Crippen LogP contribution in [0.1, 0.15) is 27.2 Å². The van der Waals surface area contributed by atoms with Crippen LogP contribution in [-0.2, 0) is 9.53 Å². The summed E-state index contributed by atoms with van der Waals surface area (Å²) >= 11 is 0. The SMILES string of the molecule is CC(C)C1=C(O)CC(C)(O)C(C(=N)N(C(=N)C(N)=O)c2ccc(N3CCOCC3)nc2)=C1. The quantitative estimate of drug-likeness (QED) is 0.350. The first kappa shape index (κ1) is 23.4. The molecule has 1 saturated heterocycles. The molecule has 1 fully saturated rings. The molecule has 10 heteroatoms. The third kappa shape index (κ3) is 4.66. The summed E-state index contributed by atoms with van der Waals surface area (Å²) < 4.78 is 5.36. The summed E-state index contributed by atoms with van der Waals surface area (Å²) in [4.78, 5) is 19.4. The van der Waals surface area contributed by atoms with Crippen molar-refractivity contribution >= 4 is 29.1 Å². The van der Waals surface area contributed by atoms with Gasteiger partial charge < -0.3 is 25.6 Å². The topological polar surface area (TPSA) is 160 Å². The number of anilines is 2. The molecule has 172 valence electrons. The van der Waals surface area contributed by atoms with Crippen LogP contribution in [0.15, 0.2) is 41.3 Å². The van der Waals surface area contributed by atoms with Crippen LogP contribution in [0.2, 0.25) is 0 Å². The fourth-order valence-electron chi connectivity index (χ4n) is 3.83. The Morgan fingerprint density at radius 2 is 1.97 bits per heavy atom. The summed E-state index contributed by atoms with van der Waals surface area (Å²) in [5.41, 5.74) is 4.85. The number of amides is 1. The zero-order valence-electron chi connectivity index (χ0n) is 18.6. The number of allylic oxidation sites excluding steroid dienone is 2. The van der Waals surface area contributed by atoms with Crippen molar-refractivity contribution in [1.82, 2.24) is 4.98 Å². The Balaban J connectivity index is 2.00. The zero-order chi connectivity index (χ0) is 23.6. The van der Waals surface area contributed by atoms with Gasteiger partial charge in [-0.2, -0.15) is 0 Å². The minimum Gasteiger partial charge on any atom is -0.512 e. The second-order valence-corrected chi connectivity index (χ2v) is 8.44. The van der Waals surface area contributed by atoms with Crippen molar-refractivity contribution in [2.75, 3.05) is 36.1 Å². The zero-order valence-corrected chi connectivity index (χ0v) is 18.6. The lowest BCUT2D eigenvalue weighted by atomic mass is 9.80. The average molecular weight is 443 g/mol. The molecule has 0 saturated carbocycles. The first-order valence-corrected chi connectivity index (χ1v) is 10.5. The molecule has 2 heterocycles. The van der Waals surface area contributed by atoms with Crippen LogP contribution < -0.4 is 15.5 Å². The minimum absolute atomic E-state index is 0.0487. The van der Waals surface area contributed by atoms with Crippen LogP contribution in [0.5, 0.6) is 0 Å². The van der Waals surface area contributed by atoms with Crippen molar-refractivity contribution in [2.24, 2.45) is 11.7 Å². The standard InChI is InChI=1S/C22H30N6O4/c1-13(2)15-10-16(22(3,31)11-17(15)29)19(23)28(20(24)21(25)30)14-4-5-18(26-12-14)27-6-8-32-9-7-27/h4-5,10,12-13,23-24,29,31H,6-9,11H2,1-3H3,(H2,25,30). The molecule has 3 rings (SSSR count). The summed E-state index contributed by atoms with van der Waals surface area (Å²) in [5.74, 6) is -1.22. The lowest BCUT2D eigenvalue weighted by molar-refractivity contribution is -0.112. The van der Waals surface area contributed by atoms with Gasteiger partial charge in [0.05, 0.1) is 36.5 Å². The number of hydrogen-bond donors (Lipinski definition) is 5. The van der Waals surface area contributed by atoms with Gasteiger partial charge in [0.2, 0.25) is 0 Å². The van der Waals surface area contributed by atoms with Gasteiger partial charge in [-0.3, -0.25) is 20.5 Å². The van der Waals surface area contributed by atoms with E-state index in [-0.39, 0.29) is 35.2 Å². The normalized spacial score (nSPS) is 21.4. The van der Waals surface area contributed by atoms with Crippen LogP contribution in [0.3, 0.4) is 0 Å². The third-order valence-electron chi connectivity index (χ3n) is 5.61. The first-order chi connectivity index (χ1) is 15.0. The molecular weight excluding hydrogens is 412 g/mol. The molecule has 32 heavy (non-hydrogen) atoms. The highest BCUT2D eigenvalue weighted by Crippen LogP contribution is 2.36. The van der Waals surface area contributed by atoms with Crippen molar-refractivity contribution in [1.29, 1.82) is 10.8 Å². The molecule has 6 N–H and O–H groups in total. The number of carbonyl (C=O) groups excluding carboxylic acids is 1. The maximum absolute atomic E-state index is 11.9. The number of nitrogens with two attached hydrogens (primary N) is 1. The molecule has 1 unspecified atom stereocenters. The molecule has 1 aromatic rings. The summed E-state index contributed by atoms with van der Waals surface area (Å²) in [5, 5.41) is 38.3. The average Bonchev–Trinajstić information content (AvgIpc) is 2.74. The van der Waals surface area contributed by atoms with Gasteiger partial charge in [-0.15, -0.1) is 0 Å². The van der Waals surface area contributed by atoms with Crippen molar-refractivity contribution in [2.45, 2.75) is 32.8 Å². The van der Waals surface area contributed by atoms with E-state index in [2.05, 4.69) is 9.88 Å². The van der Waals surface area contributed by atoms with Gasteiger partial charge in [0, 0.05) is 25.1 Å². The van der Waals surface area contributed by atoms with Crippen LogP contribution in [0, 0.1) is 16.7 Å². The molecule has 2 aliphatic rings. The molecule has 1 amide bonds. The predicted octanol–water partition coefficient (Wildman–Crippen LogP) is 1.71. The molecule has 0 bridgehead atoms. The summed E-state index contributed by atoms with van der Waals surface area (Å²) in [7, 11) is 0. The number of morpholine rings is 1. The Morgan fingerprint density at radius 1 is 1.31 bits per heavy atom. The number of amidine groups is 2. The van der Waals surface area contributed by atoms with E-state index >= 15 is 0 Å². The lowest BCUT2D eigenvalue weighted by Crippen LogP contribution is -2.48. The minimum atomic E-state index is -1.57. The Hall–Kier alpha value is -3.24. The molecule has 0 radical (unpaired) electrons. The molecule has 1 atom stereocenters. The number of nitrogens with zero attached hydrogens (tertiary/aromatic N) is 3. The largest absolute Gasteiger partial charge is 0.512 e. The Labute approximate surface area is 187 Å². The number of carbonyl (C=O) groups is 1. The molecular formula is C22H30N6O4. The van der Waals surface area contributed by atoms with Gasteiger partial charge in [0.1, 0.15) is 11.7 Å². The van der Waals surface area contributed by atoms with Crippen LogP contribution in [0.4, 0.5) is 11.5 Å². The Kier molecular flexibility index (Phi) is 6.65. The second kappa shape index (κ2) is 9.09. The fraction of sp³-hybridized carbons (Fsp3) is 0.455. The van der Waals surface area contributed by atoms with E-state index in [1.165, 1.54) is 13.1 Å². The number of aliphatic hydroxyl groups excluding tert-OH is 1. The second-order valence-electron chi connectivity index (χ2n) is 8.44. The summed E-state index contributed by atoms with van der Waals surface area (Å²) in [6.45, 7) is 7.87. The number of aromatic nitrogens is 1. The predicted molar refractivity (Wildman–Crippen MR) is 122 cm³/mol. The van der Waals surface area contributed by atoms with Crippen LogP contribution >= 0.6 is 0 Å². The van der Waals surface area contributed by atoms with Gasteiger partial charge in [-0.25, -0.2) is 4.98 Å². The number of rotatable bonds is 4. The van der Waals surface area contributed by atoms with Crippen LogP contribution in [-0.4, -0.2) is 64.7 Å². The van der Waals surface area contributed by atoms with Gasteiger partial charge in [-0.1, -0.05) is 13.8 Å². The van der Waals surface area contributed by atoms with E-state index in [1.54, 1.807) is 18.2 Å². The number of pyridine rings is 1. The molecule has 1 aliphatic heterocycles. The van der Waals surface area contributed by atoms with Crippen molar-refractivity contribution in [3.05, 3.63) is 41.3 Å².